The molecular weight excluding hydrogens is 548 g/mol. The standard InChI is InChI=1S/C26H28ClF2N7O4/c1-3-36-19(8-10-32-36)23(37)34-22(17-5-4-6-18(27)11-17)24(38)33-21-12-16(7-9-30-21)20(13-40-2)35-15-26(28,29)14-31-25(35)39/h4-12,20,22H,3,13-15H2,1-2H3,(H,31,39)(H,34,37)(H,30,33,38)/t20-,22+/m1/s1. The lowest BCUT2D eigenvalue weighted by Crippen LogP contribution is -2.58. The summed E-state index contributed by atoms with van der Waals surface area (Å²) in [4.78, 5) is 44.2. The Morgan fingerprint density at radius 1 is 1.20 bits per heavy atom. The third kappa shape index (κ3) is 6.72. The molecule has 212 valence electrons. The van der Waals surface area contributed by atoms with Gasteiger partial charge in [-0.1, -0.05) is 23.7 Å². The maximum absolute atomic E-state index is 14.1. The molecule has 1 aliphatic rings. The molecule has 2 aromatic heterocycles. The van der Waals surface area contributed by atoms with Crippen LogP contribution >= 0.6 is 11.6 Å². The first-order valence-corrected chi connectivity index (χ1v) is 12.8. The number of nitrogens with zero attached hydrogens (tertiary/aromatic N) is 4. The number of aryl methyl sites for hydroxylation is 1. The number of alkyl halides is 2. The fourth-order valence-electron chi connectivity index (χ4n) is 4.35. The van der Waals surface area contributed by atoms with Crippen LogP contribution in [0.1, 0.15) is 40.6 Å². The first kappa shape index (κ1) is 28.9. The number of hydrogen-bond donors (Lipinski definition) is 3. The molecule has 40 heavy (non-hydrogen) atoms. The van der Waals surface area contributed by atoms with Gasteiger partial charge in [-0.25, -0.2) is 18.6 Å². The number of ether oxygens (including phenoxy) is 1. The van der Waals surface area contributed by atoms with Crippen molar-refractivity contribution in [3.05, 3.63) is 76.7 Å². The Balaban J connectivity index is 1.60. The number of amides is 4. The van der Waals surface area contributed by atoms with Crippen LogP contribution in [-0.4, -0.2) is 70.2 Å². The average Bonchev–Trinajstić information content (AvgIpc) is 3.41. The first-order chi connectivity index (χ1) is 19.1. The predicted octanol–water partition coefficient (Wildman–Crippen LogP) is 3.41. The summed E-state index contributed by atoms with van der Waals surface area (Å²) < 4.78 is 34.9. The topological polar surface area (TPSA) is 130 Å². The van der Waals surface area contributed by atoms with E-state index in [0.29, 0.717) is 22.7 Å². The second-order valence-electron chi connectivity index (χ2n) is 9.07. The third-order valence-electron chi connectivity index (χ3n) is 6.25. The first-order valence-electron chi connectivity index (χ1n) is 12.4. The Morgan fingerprint density at radius 2 is 2.00 bits per heavy atom. The van der Waals surface area contributed by atoms with Crippen molar-refractivity contribution in [3.63, 3.8) is 0 Å². The molecule has 1 aromatic carbocycles. The van der Waals surface area contributed by atoms with Gasteiger partial charge in [-0.05, 0) is 48.4 Å². The van der Waals surface area contributed by atoms with Crippen LogP contribution in [0.4, 0.5) is 19.4 Å². The molecule has 1 saturated heterocycles. The molecule has 2 atom stereocenters. The van der Waals surface area contributed by atoms with Crippen molar-refractivity contribution in [2.45, 2.75) is 31.5 Å². The van der Waals surface area contributed by atoms with Gasteiger partial charge in [-0.2, -0.15) is 5.10 Å². The SMILES string of the molecule is CCn1nccc1C(=O)N[C@H](C(=O)Nc1cc([C@@H](COC)N2CC(F)(F)CNC2=O)ccn1)c1cccc(Cl)c1. The van der Waals surface area contributed by atoms with Crippen LogP contribution in [0.2, 0.25) is 5.02 Å². The Morgan fingerprint density at radius 3 is 2.73 bits per heavy atom. The number of benzene rings is 1. The average molecular weight is 576 g/mol. The zero-order valence-corrected chi connectivity index (χ0v) is 22.5. The maximum Gasteiger partial charge on any atom is 0.318 e. The monoisotopic (exact) mass is 575 g/mol. The molecule has 1 fully saturated rings. The molecular formula is C26H28ClF2N7O4. The molecule has 14 heteroatoms. The van der Waals surface area contributed by atoms with Crippen LogP contribution in [0.3, 0.4) is 0 Å². The quantitative estimate of drug-likeness (QED) is 0.340. The molecule has 3 N–H and O–H groups in total. The van der Waals surface area contributed by atoms with E-state index < -0.39 is 48.9 Å². The van der Waals surface area contributed by atoms with Crippen molar-refractivity contribution in [1.82, 2.24) is 30.3 Å². The highest BCUT2D eigenvalue weighted by atomic mass is 35.5. The zero-order valence-electron chi connectivity index (χ0n) is 21.7. The molecule has 0 bridgehead atoms. The third-order valence-corrected chi connectivity index (χ3v) is 6.49. The van der Waals surface area contributed by atoms with Crippen LogP contribution in [-0.2, 0) is 16.1 Å². The van der Waals surface area contributed by atoms with Crippen molar-refractivity contribution in [1.29, 1.82) is 0 Å². The highest BCUT2D eigenvalue weighted by molar-refractivity contribution is 6.30. The van der Waals surface area contributed by atoms with Gasteiger partial charge < -0.3 is 25.6 Å². The van der Waals surface area contributed by atoms with Gasteiger partial charge in [0.15, 0.2) is 0 Å². The van der Waals surface area contributed by atoms with Gasteiger partial charge in [0, 0.05) is 31.1 Å². The lowest BCUT2D eigenvalue weighted by molar-refractivity contribution is -0.118. The van der Waals surface area contributed by atoms with E-state index in [9.17, 15) is 23.2 Å². The van der Waals surface area contributed by atoms with Crippen LogP contribution < -0.4 is 16.0 Å². The largest absolute Gasteiger partial charge is 0.382 e. The molecule has 0 saturated carbocycles. The summed E-state index contributed by atoms with van der Waals surface area (Å²) in [5.74, 6) is -4.21. The summed E-state index contributed by atoms with van der Waals surface area (Å²) in [6, 6.07) is 8.30. The number of carbonyl (C=O) groups excluding carboxylic acids is 3. The number of nitrogens with one attached hydrogen (secondary N) is 3. The maximum atomic E-state index is 14.1. The molecule has 4 rings (SSSR count). The normalized spacial score (nSPS) is 16.1. The summed E-state index contributed by atoms with van der Waals surface area (Å²) in [6.07, 6.45) is 2.86. The number of anilines is 1. The van der Waals surface area contributed by atoms with Gasteiger partial charge in [0.25, 0.3) is 17.7 Å². The van der Waals surface area contributed by atoms with E-state index in [1.165, 1.54) is 36.3 Å². The predicted molar refractivity (Wildman–Crippen MR) is 142 cm³/mol. The van der Waals surface area contributed by atoms with E-state index in [-0.39, 0.29) is 18.1 Å². The minimum atomic E-state index is -3.13. The molecule has 0 unspecified atom stereocenters. The number of halogens is 3. The molecule has 0 spiro atoms. The molecule has 3 heterocycles. The summed E-state index contributed by atoms with van der Waals surface area (Å²) in [6.45, 7) is 0.649. The molecule has 3 aromatic rings. The Hall–Kier alpha value is -4.10. The van der Waals surface area contributed by atoms with Gasteiger partial charge in [0.05, 0.1) is 25.7 Å². The van der Waals surface area contributed by atoms with Gasteiger partial charge in [-0.15, -0.1) is 0 Å². The van der Waals surface area contributed by atoms with Crippen LogP contribution in [0.5, 0.6) is 0 Å². The van der Waals surface area contributed by atoms with Crippen molar-refractivity contribution in [2.75, 3.05) is 32.1 Å². The molecule has 4 amide bonds. The lowest BCUT2D eigenvalue weighted by atomic mass is 10.0. The van der Waals surface area contributed by atoms with Crippen molar-refractivity contribution in [2.24, 2.45) is 0 Å². The smallest absolute Gasteiger partial charge is 0.318 e. The fraction of sp³-hybridized carbons (Fsp3) is 0.346. The lowest BCUT2D eigenvalue weighted by Gasteiger charge is -2.38. The highest BCUT2D eigenvalue weighted by Gasteiger charge is 2.42. The van der Waals surface area contributed by atoms with Crippen LogP contribution in [0, 0.1) is 0 Å². The highest BCUT2D eigenvalue weighted by Crippen LogP contribution is 2.29. The molecule has 0 aliphatic carbocycles. The number of pyridine rings is 1. The Labute approximate surface area is 233 Å². The van der Waals surface area contributed by atoms with Crippen molar-refractivity contribution in [3.8, 4) is 0 Å². The number of urea groups is 1. The summed E-state index contributed by atoms with van der Waals surface area (Å²) in [7, 11) is 1.39. The fourth-order valence-corrected chi connectivity index (χ4v) is 4.55. The van der Waals surface area contributed by atoms with E-state index in [0.717, 1.165) is 4.90 Å². The number of rotatable bonds is 10. The summed E-state index contributed by atoms with van der Waals surface area (Å²) in [5, 5.41) is 12.0. The van der Waals surface area contributed by atoms with E-state index in [1.54, 1.807) is 30.3 Å². The van der Waals surface area contributed by atoms with Crippen LogP contribution in [0.25, 0.3) is 0 Å². The minimum Gasteiger partial charge on any atom is -0.382 e. The van der Waals surface area contributed by atoms with Crippen LogP contribution in [0.15, 0.2) is 54.9 Å². The van der Waals surface area contributed by atoms with E-state index in [1.807, 2.05) is 6.92 Å². The second kappa shape index (κ2) is 12.4. The van der Waals surface area contributed by atoms with Crippen molar-refractivity contribution >= 4 is 35.3 Å². The molecule has 0 radical (unpaired) electrons. The minimum absolute atomic E-state index is 0.0762. The van der Waals surface area contributed by atoms with Gasteiger partial charge >= 0.3 is 6.03 Å². The second-order valence-corrected chi connectivity index (χ2v) is 9.51. The summed E-state index contributed by atoms with van der Waals surface area (Å²) >= 11 is 6.16. The molecule has 11 nitrogen and oxygen atoms in total. The van der Waals surface area contributed by atoms with Gasteiger partial charge in [0.1, 0.15) is 17.6 Å². The van der Waals surface area contributed by atoms with Gasteiger partial charge in [-0.3, -0.25) is 14.3 Å². The van der Waals surface area contributed by atoms with E-state index in [2.05, 4.69) is 26.0 Å². The van der Waals surface area contributed by atoms with E-state index in [4.69, 9.17) is 16.3 Å². The number of carbonyl (C=O) groups is 3. The molecule has 1 aliphatic heterocycles. The van der Waals surface area contributed by atoms with E-state index >= 15 is 0 Å². The van der Waals surface area contributed by atoms with Crippen molar-refractivity contribution < 1.29 is 27.9 Å². The Bertz CT molecular complexity index is 1390. The summed E-state index contributed by atoms with van der Waals surface area (Å²) in [5.41, 5.74) is 1.10. The van der Waals surface area contributed by atoms with Gasteiger partial charge in [0.2, 0.25) is 0 Å². The number of methoxy groups -OCH3 is 1. The Kier molecular flexibility index (Phi) is 8.95. The zero-order chi connectivity index (χ0) is 28.9. The number of hydrogen-bond acceptors (Lipinski definition) is 6. The number of aromatic nitrogens is 3.